The van der Waals surface area contributed by atoms with Gasteiger partial charge in [0, 0.05) is 54.5 Å². The molecule has 7 rings (SSSR count). The van der Waals surface area contributed by atoms with Gasteiger partial charge in [0.25, 0.3) is 11.7 Å². The normalized spacial score (nSPS) is 28.9. The van der Waals surface area contributed by atoms with Crippen LogP contribution in [0.4, 0.5) is 5.69 Å². The molecule has 5 bridgehead atoms. The molecular weight excluding hydrogens is 769 g/mol. The van der Waals surface area contributed by atoms with Gasteiger partial charge in [-0.2, -0.15) is 0 Å². The molecule has 13 heteroatoms. The van der Waals surface area contributed by atoms with Gasteiger partial charge in [0.15, 0.2) is 0 Å². The van der Waals surface area contributed by atoms with E-state index in [2.05, 4.69) is 10.6 Å². The van der Waals surface area contributed by atoms with Crippen molar-refractivity contribution in [1.29, 1.82) is 0 Å². The van der Waals surface area contributed by atoms with Crippen molar-refractivity contribution in [1.82, 2.24) is 5.32 Å². The third-order valence-electron chi connectivity index (χ3n) is 12.0. The smallest absolute Gasteiger partial charge is 0.312 e. The summed E-state index contributed by atoms with van der Waals surface area (Å²) >= 11 is 0. The molecule has 6 N–H and O–H groups in total. The second kappa shape index (κ2) is 17.4. The maximum atomic E-state index is 14.8. The Morgan fingerprint density at radius 1 is 0.767 bits per heavy atom. The van der Waals surface area contributed by atoms with E-state index in [0.717, 1.165) is 11.1 Å². The molecule has 9 unspecified atom stereocenters. The Morgan fingerprint density at radius 3 is 2.03 bits per heavy atom. The number of carbonyl (C=O) groups excluding carboxylic acids is 4. The zero-order valence-corrected chi connectivity index (χ0v) is 34.8. The number of carbonyl (C=O) groups is 4. The summed E-state index contributed by atoms with van der Waals surface area (Å²) in [6, 6.07) is 16.6. The maximum absolute atomic E-state index is 14.8. The van der Waals surface area contributed by atoms with Crippen LogP contribution in [0.2, 0.25) is 0 Å². The molecule has 0 aromatic heterocycles. The van der Waals surface area contributed by atoms with Crippen molar-refractivity contribution < 1.29 is 53.8 Å². The van der Waals surface area contributed by atoms with Crippen LogP contribution >= 0.6 is 0 Å². The third-order valence-corrected chi connectivity index (χ3v) is 12.0. The molecule has 60 heavy (non-hydrogen) atoms. The van der Waals surface area contributed by atoms with Crippen molar-refractivity contribution in [2.45, 2.75) is 78.7 Å². The van der Waals surface area contributed by atoms with Gasteiger partial charge in [-0.05, 0) is 43.2 Å². The van der Waals surface area contributed by atoms with E-state index in [-0.39, 0.29) is 28.1 Å². The van der Waals surface area contributed by atoms with Gasteiger partial charge in [0.05, 0.1) is 47.4 Å². The first-order chi connectivity index (χ1) is 28.4. The summed E-state index contributed by atoms with van der Waals surface area (Å²) in [6.07, 6.45) is 3.26. The molecular formula is C47H52N2O11. The monoisotopic (exact) mass is 820 g/mol. The predicted molar refractivity (Wildman–Crippen MR) is 224 cm³/mol. The molecule has 3 aromatic rings. The molecule has 3 aromatic carbocycles. The minimum atomic E-state index is -2.08. The van der Waals surface area contributed by atoms with Crippen molar-refractivity contribution in [2.24, 2.45) is 23.7 Å². The number of ether oxygens (including phenoxy) is 3. The number of amides is 1. The van der Waals surface area contributed by atoms with E-state index >= 15 is 0 Å². The first-order valence-electron chi connectivity index (χ1n) is 19.9. The van der Waals surface area contributed by atoms with Gasteiger partial charge in [0.1, 0.15) is 22.9 Å². The van der Waals surface area contributed by atoms with E-state index < -0.39 is 99.7 Å². The van der Waals surface area contributed by atoms with Crippen molar-refractivity contribution in [3.8, 4) is 22.6 Å². The van der Waals surface area contributed by atoms with Gasteiger partial charge in [-0.3, -0.25) is 19.2 Å². The number of allylic oxidation sites excluding steroid dienone is 4. The number of benzene rings is 3. The van der Waals surface area contributed by atoms with Gasteiger partial charge in [-0.15, -0.1) is 0 Å². The van der Waals surface area contributed by atoms with Crippen molar-refractivity contribution in [2.75, 3.05) is 12.4 Å². The predicted octanol–water partition coefficient (Wildman–Crippen LogP) is 6.17. The van der Waals surface area contributed by atoms with E-state index in [1.807, 2.05) is 42.5 Å². The molecule has 1 aliphatic carbocycles. The number of hydrogen-bond donors (Lipinski definition) is 6. The van der Waals surface area contributed by atoms with E-state index in [0.29, 0.717) is 5.69 Å². The van der Waals surface area contributed by atoms with Gasteiger partial charge in [-0.1, -0.05) is 88.4 Å². The average Bonchev–Trinajstić information content (AvgIpc) is 3.51. The molecule has 1 amide bonds. The average molecular weight is 821 g/mol. The van der Waals surface area contributed by atoms with Crippen LogP contribution in [0.15, 0.2) is 102 Å². The SMILES string of the molecule is COC1C=COC2(C)Oc3c(C)c(O)c4c(c3C2=O)C(=O)C(Nc2ccc(-c3ccccc3)cc2)=C(NC(=O)C(C)=CC=CC(C)C(O)C(C)C(O)C(C)C(O)C1C)C4=O. The number of nitrogens with one attached hydrogen (secondary N) is 2. The second-order valence-electron chi connectivity index (χ2n) is 16.0. The maximum Gasteiger partial charge on any atom is 0.312 e. The molecule has 0 saturated heterocycles. The number of aromatic hydroxyl groups is 1. The summed E-state index contributed by atoms with van der Waals surface area (Å²) in [5.41, 5.74) is 0.317. The third kappa shape index (κ3) is 8.05. The lowest BCUT2D eigenvalue weighted by Gasteiger charge is -2.36. The molecule has 4 aliphatic rings. The van der Waals surface area contributed by atoms with Crippen LogP contribution in [0.1, 0.15) is 78.2 Å². The molecule has 316 valence electrons. The fraction of sp³-hybridized carbons (Fsp3) is 0.362. The zero-order chi connectivity index (χ0) is 43.8. The first kappa shape index (κ1) is 43.7. The first-order valence-corrected chi connectivity index (χ1v) is 19.9. The van der Waals surface area contributed by atoms with Crippen LogP contribution in [-0.4, -0.2) is 81.0 Å². The number of ketones is 3. The Balaban J connectivity index is 1.48. The summed E-state index contributed by atoms with van der Waals surface area (Å²) in [6.45, 7) is 11.1. The largest absolute Gasteiger partial charge is 0.507 e. The summed E-state index contributed by atoms with van der Waals surface area (Å²) < 4.78 is 17.6. The van der Waals surface area contributed by atoms with Gasteiger partial charge in [0.2, 0.25) is 11.6 Å². The number of fused-ring (bicyclic) bond motifs is 14. The van der Waals surface area contributed by atoms with Crippen LogP contribution < -0.4 is 15.4 Å². The topological polar surface area (TPSA) is 201 Å². The lowest BCUT2D eigenvalue weighted by atomic mass is 9.78. The molecule has 0 radical (unpaired) electrons. The Hall–Kier alpha value is -5.86. The number of phenols is 1. The number of methoxy groups -OCH3 is 1. The minimum absolute atomic E-state index is 0.00975. The van der Waals surface area contributed by atoms with E-state index in [1.54, 1.807) is 52.0 Å². The highest BCUT2D eigenvalue weighted by Gasteiger charge is 2.52. The highest BCUT2D eigenvalue weighted by atomic mass is 16.7. The molecule has 9 atom stereocenters. The Kier molecular flexibility index (Phi) is 12.7. The number of hydrogen-bond acceptors (Lipinski definition) is 12. The zero-order valence-electron chi connectivity index (χ0n) is 34.8. The second-order valence-corrected chi connectivity index (χ2v) is 16.0. The lowest BCUT2D eigenvalue weighted by molar-refractivity contribution is -0.116. The van der Waals surface area contributed by atoms with Crippen molar-refractivity contribution >= 4 is 28.9 Å². The van der Waals surface area contributed by atoms with Gasteiger partial charge >= 0.3 is 5.79 Å². The van der Waals surface area contributed by atoms with Crippen LogP contribution in [0.25, 0.3) is 11.1 Å². The summed E-state index contributed by atoms with van der Waals surface area (Å²) in [7, 11) is 1.42. The molecule has 3 aliphatic heterocycles. The number of Topliss-reactive ketones (excluding diaryl/α,β-unsaturated/α-hetero) is 3. The van der Waals surface area contributed by atoms with E-state index in [1.165, 1.54) is 46.3 Å². The highest BCUT2D eigenvalue weighted by molar-refractivity contribution is 6.33. The standard InChI is InChI=1S/C47H52N2O11/c1-23-13-12-14-24(2)46(57)49-37-36(48-31-19-17-30(18-20-31)29-15-10-9-11-16-29)42(54)33-34(43(37)55)41(53)28(6)44-35(33)45(56)47(7,60-44)59-22-21-32(58-8)25(3)39(51)27(5)40(52)26(4)38(23)50/h9-23,25-27,32,38-40,48,50-53H,1-8H3,(H,49,57). The van der Waals surface area contributed by atoms with Gasteiger partial charge < -0.3 is 45.3 Å². The Morgan fingerprint density at radius 2 is 1.38 bits per heavy atom. The van der Waals surface area contributed by atoms with Crippen LogP contribution in [0.5, 0.6) is 11.5 Å². The molecule has 0 spiro atoms. The quantitative estimate of drug-likeness (QED) is 0.175. The molecule has 3 heterocycles. The number of anilines is 1. The fourth-order valence-electron chi connectivity index (χ4n) is 7.94. The van der Waals surface area contributed by atoms with Gasteiger partial charge in [-0.25, -0.2) is 0 Å². The van der Waals surface area contributed by atoms with Crippen LogP contribution in [0.3, 0.4) is 0 Å². The highest BCUT2D eigenvalue weighted by Crippen LogP contribution is 2.48. The Bertz CT molecular complexity index is 2310. The van der Waals surface area contributed by atoms with Crippen LogP contribution in [0, 0.1) is 30.6 Å². The molecule has 13 nitrogen and oxygen atoms in total. The summed E-state index contributed by atoms with van der Waals surface area (Å²) in [4.78, 5) is 57.5. The van der Waals surface area contributed by atoms with Crippen LogP contribution in [-0.2, 0) is 14.3 Å². The number of rotatable bonds is 4. The van der Waals surface area contributed by atoms with Crippen molar-refractivity contribution in [3.05, 3.63) is 124 Å². The van der Waals surface area contributed by atoms with E-state index in [4.69, 9.17) is 14.2 Å². The summed E-state index contributed by atoms with van der Waals surface area (Å²) in [5.74, 6) is -8.74. The Labute approximate surface area is 349 Å². The summed E-state index contributed by atoms with van der Waals surface area (Å²) in [5, 5.41) is 51.0. The van der Waals surface area contributed by atoms with E-state index in [9.17, 15) is 39.6 Å². The molecule has 0 fully saturated rings. The lowest BCUT2D eigenvalue weighted by Crippen LogP contribution is -2.45. The molecule has 0 saturated carbocycles. The number of aliphatic hydroxyl groups excluding tert-OH is 3. The number of phenolic OH excluding ortho intramolecular Hbond substituents is 1. The fourth-order valence-corrected chi connectivity index (χ4v) is 7.94. The minimum Gasteiger partial charge on any atom is -0.507 e. The number of aliphatic hydroxyl groups is 3. The van der Waals surface area contributed by atoms with Crippen molar-refractivity contribution in [3.63, 3.8) is 0 Å².